The van der Waals surface area contributed by atoms with Crippen LogP contribution < -0.4 is 15.4 Å². The van der Waals surface area contributed by atoms with Crippen LogP contribution in [0.25, 0.3) is 10.9 Å². The average molecular weight is 458 g/mol. The minimum atomic E-state index is -4.48. The number of ether oxygens (including phenoxy) is 1. The Hall–Kier alpha value is -4.08. The average Bonchev–Trinajstić information content (AvgIpc) is 3.19. The van der Waals surface area contributed by atoms with E-state index in [0.29, 0.717) is 22.2 Å². The second kappa shape index (κ2) is 9.19. The van der Waals surface area contributed by atoms with Crippen molar-refractivity contribution in [2.24, 2.45) is 0 Å². The zero-order valence-corrected chi connectivity index (χ0v) is 17.0. The molecule has 0 saturated carbocycles. The van der Waals surface area contributed by atoms with Crippen LogP contribution in [0, 0.1) is 5.82 Å². The molecule has 10 heteroatoms. The van der Waals surface area contributed by atoms with Crippen LogP contribution in [-0.4, -0.2) is 16.2 Å². The number of H-pyrrole nitrogens is 1. The molecule has 1 aromatic heterocycles. The van der Waals surface area contributed by atoms with Crippen LogP contribution in [0.15, 0.2) is 66.7 Å². The van der Waals surface area contributed by atoms with Crippen molar-refractivity contribution in [1.29, 1.82) is 0 Å². The monoisotopic (exact) mass is 458 g/mol. The molecule has 3 N–H and O–H groups in total. The van der Waals surface area contributed by atoms with Gasteiger partial charge in [0, 0.05) is 17.5 Å². The summed E-state index contributed by atoms with van der Waals surface area (Å²) in [5.41, 5.74) is 0.575. The van der Waals surface area contributed by atoms with Crippen molar-refractivity contribution in [3.05, 3.63) is 89.2 Å². The number of fused-ring (bicyclic) bond motifs is 1. The lowest BCUT2D eigenvalue weighted by Gasteiger charge is -2.13. The summed E-state index contributed by atoms with van der Waals surface area (Å²) in [4.78, 5) is 12.2. The van der Waals surface area contributed by atoms with Crippen molar-refractivity contribution < 1.29 is 27.1 Å². The molecule has 0 bridgehead atoms. The number of carbonyl (C=O) groups is 1. The Morgan fingerprint density at radius 3 is 2.55 bits per heavy atom. The summed E-state index contributed by atoms with van der Waals surface area (Å²) in [6.45, 7) is -0.0958. The first-order valence-corrected chi connectivity index (χ1v) is 9.85. The Labute approximate surface area is 185 Å². The van der Waals surface area contributed by atoms with Crippen molar-refractivity contribution in [3.8, 4) is 5.75 Å². The molecular weight excluding hydrogens is 440 g/mol. The molecule has 0 atom stereocenters. The molecule has 33 heavy (non-hydrogen) atoms. The number of hydrogen-bond acceptors (Lipinski definition) is 3. The fraction of sp³-hybridized carbons (Fsp3) is 0.130. The van der Waals surface area contributed by atoms with Crippen molar-refractivity contribution in [3.63, 3.8) is 0 Å². The Balaban J connectivity index is 1.43. The molecule has 0 aliphatic heterocycles. The highest BCUT2D eigenvalue weighted by Gasteiger charge is 2.33. The predicted molar refractivity (Wildman–Crippen MR) is 114 cm³/mol. The first-order chi connectivity index (χ1) is 15.8. The summed E-state index contributed by atoms with van der Waals surface area (Å²) < 4.78 is 58.1. The number of carbonyl (C=O) groups excluding carboxylic acids is 1. The van der Waals surface area contributed by atoms with E-state index < -0.39 is 17.8 Å². The van der Waals surface area contributed by atoms with Crippen LogP contribution in [0.3, 0.4) is 0 Å². The fourth-order valence-electron chi connectivity index (χ4n) is 3.20. The van der Waals surface area contributed by atoms with Crippen molar-refractivity contribution in [1.82, 2.24) is 15.5 Å². The van der Waals surface area contributed by atoms with Gasteiger partial charge in [-0.05, 0) is 42.0 Å². The fourth-order valence-corrected chi connectivity index (χ4v) is 3.20. The summed E-state index contributed by atoms with van der Waals surface area (Å²) in [7, 11) is 0. The van der Waals surface area contributed by atoms with Crippen LogP contribution in [0.5, 0.6) is 5.75 Å². The van der Waals surface area contributed by atoms with E-state index in [9.17, 15) is 22.4 Å². The van der Waals surface area contributed by atoms with Gasteiger partial charge in [-0.25, -0.2) is 9.18 Å². The second-order valence-corrected chi connectivity index (χ2v) is 7.16. The van der Waals surface area contributed by atoms with E-state index in [1.807, 2.05) is 0 Å². The van der Waals surface area contributed by atoms with E-state index in [-0.39, 0.29) is 30.4 Å². The maximum atomic E-state index is 13.2. The third-order valence-corrected chi connectivity index (χ3v) is 4.85. The van der Waals surface area contributed by atoms with Crippen LogP contribution in [-0.2, 0) is 19.3 Å². The number of nitrogens with one attached hydrogen (secondary N) is 3. The van der Waals surface area contributed by atoms with Gasteiger partial charge in [0.2, 0.25) is 0 Å². The van der Waals surface area contributed by atoms with Gasteiger partial charge >= 0.3 is 12.2 Å². The minimum Gasteiger partial charge on any atom is -0.489 e. The van der Waals surface area contributed by atoms with Gasteiger partial charge in [0.25, 0.3) is 0 Å². The number of amides is 2. The molecule has 0 aliphatic rings. The summed E-state index contributed by atoms with van der Waals surface area (Å²) in [6.07, 6.45) is -4.48. The van der Waals surface area contributed by atoms with E-state index in [1.165, 1.54) is 30.3 Å². The molecule has 170 valence electrons. The smallest absolute Gasteiger partial charge is 0.416 e. The molecular formula is C23H18F4N4O2. The van der Waals surface area contributed by atoms with Gasteiger partial charge in [-0.2, -0.15) is 18.3 Å². The molecule has 0 fully saturated rings. The van der Waals surface area contributed by atoms with Crippen molar-refractivity contribution >= 4 is 22.8 Å². The summed E-state index contributed by atoms with van der Waals surface area (Å²) >= 11 is 0. The lowest BCUT2D eigenvalue weighted by molar-refractivity contribution is -0.138. The number of hydrogen-bond donors (Lipinski definition) is 3. The van der Waals surface area contributed by atoms with Gasteiger partial charge in [-0.15, -0.1) is 0 Å². The van der Waals surface area contributed by atoms with Gasteiger partial charge in [-0.3, -0.25) is 10.4 Å². The molecule has 6 nitrogen and oxygen atoms in total. The highest BCUT2D eigenvalue weighted by Crippen LogP contribution is 2.33. The van der Waals surface area contributed by atoms with Gasteiger partial charge < -0.3 is 10.1 Å². The van der Waals surface area contributed by atoms with Gasteiger partial charge in [0.05, 0.1) is 11.1 Å². The minimum absolute atomic E-state index is 0.0100. The van der Waals surface area contributed by atoms with E-state index >= 15 is 0 Å². The number of anilines is 1. The maximum absolute atomic E-state index is 13.2. The van der Waals surface area contributed by atoms with E-state index in [4.69, 9.17) is 4.74 Å². The van der Waals surface area contributed by atoms with Gasteiger partial charge in [-0.1, -0.05) is 30.3 Å². The normalized spacial score (nSPS) is 11.4. The largest absolute Gasteiger partial charge is 0.489 e. The number of urea groups is 1. The number of alkyl halides is 3. The summed E-state index contributed by atoms with van der Waals surface area (Å²) in [5.74, 6) is 0.171. The first kappa shape index (κ1) is 22.1. The molecule has 1 heterocycles. The number of benzene rings is 3. The summed E-state index contributed by atoms with van der Waals surface area (Å²) in [6, 6.07) is 15.2. The van der Waals surface area contributed by atoms with E-state index in [0.717, 1.165) is 6.07 Å². The first-order valence-electron chi connectivity index (χ1n) is 9.85. The van der Waals surface area contributed by atoms with Crippen LogP contribution >= 0.6 is 0 Å². The third-order valence-electron chi connectivity index (χ3n) is 4.85. The van der Waals surface area contributed by atoms with E-state index in [1.54, 1.807) is 30.3 Å². The quantitative estimate of drug-likeness (QED) is 0.328. The predicted octanol–water partition coefficient (Wildman–Crippen LogP) is 5.62. The Morgan fingerprint density at radius 1 is 1.03 bits per heavy atom. The number of rotatable bonds is 6. The Bertz CT molecular complexity index is 1270. The standard InChI is InChI=1S/C23H18F4N4O2/c24-16-7-5-14(6-8-16)12-28-22(32)29-21-18-11-17(9-10-20(18)30-31-21)33-13-15-3-1-2-4-19(15)23(25,26)27/h1-11H,12-13H2,(H3,28,29,30,31,32). The zero-order valence-electron chi connectivity index (χ0n) is 17.0. The highest BCUT2D eigenvalue weighted by molar-refractivity contribution is 5.99. The molecule has 0 saturated heterocycles. The number of halogens is 4. The van der Waals surface area contributed by atoms with Crippen LogP contribution in [0.1, 0.15) is 16.7 Å². The van der Waals surface area contributed by atoms with Gasteiger partial charge in [0.15, 0.2) is 5.82 Å². The van der Waals surface area contributed by atoms with Crippen molar-refractivity contribution in [2.75, 3.05) is 5.32 Å². The van der Waals surface area contributed by atoms with Gasteiger partial charge in [0.1, 0.15) is 18.2 Å². The molecule has 3 aromatic carbocycles. The summed E-state index contributed by atoms with van der Waals surface area (Å²) in [5, 5.41) is 12.6. The van der Waals surface area contributed by atoms with Crippen LogP contribution in [0.4, 0.5) is 28.2 Å². The van der Waals surface area contributed by atoms with E-state index in [2.05, 4.69) is 20.8 Å². The lowest BCUT2D eigenvalue weighted by Crippen LogP contribution is -2.28. The Kier molecular flexibility index (Phi) is 6.16. The molecule has 4 aromatic rings. The lowest BCUT2D eigenvalue weighted by atomic mass is 10.1. The second-order valence-electron chi connectivity index (χ2n) is 7.16. The molecule has 4 rings (SSSR count). The molecule has 0 aliphatic carbocycles. The zero-order chi connectivity index (χ0) is 23.4. The molecule has 0 spiro atoms. The SMILES string of the molecule is O=C(NCc1ccc(F)cc1)Nc1n[nH]c2ccc(OCc3ccccc3C(F)(F)F)cc12. The molecule has 2 amide bonds. The molecule has 0 radical (unpaired) electrons. The Morgan fingerprint density at radius 2 is 1.79 bits per heavy atom. The third kappa shape index (κ3) is 5.40. The maximum Gasteiger partial charge on any atom is 0.416 e. The number of aromatic amines is 1. The number of aromatic nitrogens is 2. The molecule has 0 unspecified atom stereocenters. The van der Waals surface area contributed by atoms with Crippen molar-refractivity contribution in [2.45, 2.75) is 19.3 Å². The topological polar surface area (TPSA) is 79.0 Å². The van der Waals surface area contributed by atoms with Crippen LogP contribution in [0.2, 0.25) is 0 Å². The number of nitrogens with zero attached hydrogens (tertiary/aromatic N) is 1. The highest BCUT2D eigenvalue weighted by atomic mass is 19.4.